The number of phenols is 1. The highest BCUT2D eigenvalue weighted by Crippen LogP contribution is 2.16. The number of nitrogens with one attached hydrogen (secondary N) is 1. The topological polar surface area (TPSA) is 32.3 Å². The van der Waals surface area contributed by atoms with E-state index in [2.05, 4.69) is 11.4 Å². The van der Waals surface area contributed by atoms with Crippen molar-refractivity contribution in [2.45, 2.75) is 19.9 Å². The van der Waals surface area contributed by atoms with Crippen molar-refractivity contribution in [3.8, 4) is 5.75 Å². The Morgan fingerprint density at radius 3 is 2.42 bits per heavy atom. The largest absolute Gasteiger partial charge is 0.508 e. The monoisotopic (exact) mass is 275 g/mol. The Balaban J connectivity index is 1.77. The number of phenolic OH excluding ortho intramolecular Hbond substituents is 1. The van der Waals surface area contributed by atoms with Crippen molar-refractivity contribution in [1.29, 1.82) is 0 Å². The van der Waals surface area contributed by atoms with Gasteiger partial charge >= 0.3 is 0 Å². The van der Waals surface area contributed by atoms with Crippen molar-refractivity contribution in [3.63, 3.8) is 0 Å². The maximum Gasteiger partial charge on any atom is 0.115 e. The lowest BCUT2D eigenvalue weighted by atomic mass is 10.1. The number of halogens is 1. The van der Waals surface area contributed by atoms with E-state index in [9.17, 15) is 5.11 Å². The van der Waals surface area contributed by atoms with Gasteiger partial charge < -0.3 is 10.4 Å². The highest BCUT2D eigenvalue weighted by atomic mass is 35.5. The highest BCUT2D eigenvalue weighted by molar-refractivity contribution is 6.31. The molecule has 2 aromatic rings. The van der Waals surface area contributed by atoms with Crippen LogP contribution in [0.25, 0.3) is 0 Å². The van der Waals surface area contributed by atoms with E-state index in [1.165, 1.54) is 11.1 Å². The Bertz CT molecular complexity index is 537. The second kappa shape index (κ2) is 6.60. The van der Waals surface area contributed by atoms with Crippen LogP contribution in [0.15, 0.2) is 42.5 Å². The van der Waals surface area contributed by atoms with Crippen LogP contribution in [-0.4, -0.2) is 11.7 Å². The first kappa shape index (κ1) is 13.9. The van der Waals surface area contributed by atoms with Crippen LogP contribution in [0.4, 0.5) is 0 Å². The third kappa shape index (κ3) is 4.27. The van der Waals surface area contributed by atoms with Crippen LogP contribution in [0.2, 0.25) is 5.02 Å². The van der Waals surface area contributed by atoms with Crippen molar-refractivity contribution in [2.75, 3.05) is 6.54 Å². The molecule has 2 nitrogen and oxygen atoms in total. The summed E-state index contributed by atoms with van der Waals surface area (Å²) in [5, 5.41) is 13.4. The average Bonchev–Trinajstić information content (AvgIpc) is 2.41. The molecule has 19 heavy (non-hydrogen) atoms. The van der Waals surface area contributed by atoms with E-state index in [0.717, 1.165) is 30.1 Å². The minimum Gasteiger partial charge on any atom is -0.508 e. The lowest BCUT2D eigenvalue weighted by molar-refractivity contribution is 0.475. The third-order valence-electron chi connectivity index (χ3n) is 3.09. The van der Waals surface area contributed by atoms with E-state index < -0.39 is 0 Å². The molecule has 2 N–H and O–H groups in total. The summed E-state index contributed by atoms with van der Waals surface area (Å²) in [7, 11) is 0. The molecule has 0 saturated heterocycles. The van der Waals surface area contributed by atoms with Crippen LogP contribution < -0.4 is 5.32 Å². The fourth-order valence-electron chi connectivity index (χ4n) is 1.87. The molecule has 0 bridgehead atoms. The maximum absolute atomic E-state index is 9.20. The van der Waals surface area contributed by atoms with Crippen molar-refractivity contribution in [1.82, 2.24) is 5.32 Å². The molecule has 2 rings (SSSR count). The summed E-state index contributed by atoms with van der Waals surface area (Å²) in [6.45, 7) is 3.72. The second-order valence-corrected chi connectivity index (χ2v) is 5.08. The first-order valence-electron chi connectivity index (χ1n) is 6.39. The molecule has 0 amide bonds. The number of hydrogen-bond acceptors (Lipinski definition) is 2. The molecule has 0 unspecified atom stereocenters. The van der Waals surface area contributed by atoms with Crippen LogP contribution in [-0.2, 0) is 13.0 Å². The molecule has 0 aromatic heterocycles. The molecule has 0 atom stereocenters. The summed E-state index contributed by atoms with van der Waals surface area (Å²) >= 11 is 6.09. The van der Waals surface area contributed by atoms with Crippen molar-refractivity contribution >= 4 is 11.6 Å². The van der Waals surface area contributed by atoms with E-state index >= 15 is 0 Å². The van der Waals surface area contributed by atoms with E-state index in [1.54, 1.807) is 12.1 Å². The zero-order chi connectivity index (χ0) is 13.7. The van der Waals surface area contributed by atoms with Gasteiger partial charge in [-0.1, -0.05) is 35.9 Å². The Kier molecular flexibility index (Phi) is 4.83. The number of aromatic hydroxyl groups is 1. The van der Waals surface area contributed by atoms with Gasteiger partial charge in [-0.15, -0.1) is 0 Å². The van der Waals surface area contributed by atoms with Gasteiger partial charge in [0, 0.05) is 11.6 Å². The Morgan fingerprint density at radius 1 is 1.05 bits per heavy atom. The molecular formula is C16H18ClNO. The molecule has 0 aliphatic rings. The summed E-state index contributed by atoms with van der Waals surface area (Å²) in [5.74, 6) is 0.311. The lowest BCUT2D eigenvalue weighted by Crippen LogP contribution is -2.16. The zero-order valence-electron chi connectivity index (χ0n) is 11.0. The van der Waals surface area contributed by atoms with Gasteiger partial charge in [0.15, 0.2) is 0 Å². The molecule has 0 heterocycles. The van der Waals surface area contributed by atoms with E-state index in [1.807, 2.05) is 31.2 Å². The molecule has 0 aliphatic heterocycles. The highest BCUT2D eigenvalue weighted by Gasteiger charge is 1.98. The van der Waals surface area contributed by atoms with Gasteiger partial charge in [-0.3, -0.25) is 0 Å². The Hall–Kier alpha value is -1.51. The standard InChI is InChI=1S/C16H18ClNO/c1-12-2-3-14(10-16(12)17)11-18-9-8-13-4-6-15(19)7-5-13/h2-7,10,18-19H,8-9,11H2,1H3. The van der Waals surface area contributed by atoms with E-state index in [0.29, 0.717) is 5.75 Å². The second-order valence-electron chi connectivity index (χ2n) is 4.68. The van der Waals surface area contributed by atoms with Gasteiger partial charge in [0.1, 0.15) is 5.75 Å². The molecule has 2 aromatic carbocycles. The quantitative estimate of drug-likeness (QED) is 0.816. The fraction of sp³-hybridized carbons (Fsp3) is 0.250. The van der Waals surface area contributed by atoms with Gasteiger partial charge in [0.05, 0.1) is 0 Å². The number of rotatable bonds is 5. The van der Waals surface area contributed by atoms with Crippen LogP contribution in [0.3, 0.4) is 0 Å². The molecule has 0 aliphatic carbocycles. The van der Waals surface area contributed by atoms with Crippen LogP contribution in [0.5, 0.6) is 5.75 Å². The van der Waals surface area contributed by atoms with Crippen molar-refractivity contribution < 1.29 is 5.11 Å². The Labute approximate surface area is 119 Å². The molecule has 0 radical (unpaired) electrons. The summed E-state index contributed by atoms with van der Waals surface area (Å²) < 4.78 is 0. The Morgan fingerprint density at radius 2 is 1.74 bits per heavy atom. The maximum atomic E-state index is 9.20. The predicted molar refractivity (Wildman–Crippen MR) is 79.7 cm³/mol. The smallest absolute Gasteiger partial charge is 0.115 e. The normalized spacial score (nSPS) is 10.6. The van der Waals surface area contributed by atoms with Gasteiger partial charge in [-0.2, -0.15) is 0 Å². The SMILES string of the molecule is Cc1ccc(CNCCc2ccc(O)cc2)cc1Cl. The van der Waals surface area contributed by atoms with Gasteiger partial charge in [-0.25, -0.2) is 0 Å². The van der Waals surface area contributed by atoms with Gasteiger partial charge in [0.25, 0.3) is 0 Å². The average molecular weight is 276 g/mol. The van der Waals surface area contributed by atoms with E-state index in [-0.39, 0.29) is 0 Å². The number of hydrogen-bond donors (Lipinski definition) is 2. The fourth-order valence-corrected chi connectivity index (χ4v) is 2.08. The molecule has 0 fully saturated rings. The van der Waals surface area contributed by atoms with Crippen molar-refractivity contribution in [2.24, 2.45) is 0 Å². The lowest BCUT2D eigenvalue weighted by Gasteiger charge is -2.07. The predicted octanol–water partition coefficient (Wildman–Crippen LogP) is 3.69. The van der Waals surface area contributed by atoms with Crippen LogP contribution >= 0.6 is 11.6 Å². The number of benzene rings is 2. The summed E-state index contributed by atoms with van der Waals surface area (Å²) in [6.07, 6.45) is 0.944. The summed E-state index contributed by atoms with van der Waals surface area (Å²) in [5.41, 5.74) is 3.52. The minimum atomic E-state index is 0.311. The van der Waals surface area contributed by atoms with E-state index in [4.69, 9.17) is 11.6 Å². The molecule has 3 heteroatoms. The van der Waals surface area contributed by atoms with Crippen LogP contribution in [0, 0.1) is 6.92 Å². The first-order chi connectivity index (χ1) is 9.15. The van der Waals surface area contributed by atoms with Crippen molar-refractivity contribution in [3.05, 3.63) is 64.2 Å². The summed E-state index contributed by atoms with van der Waals surface area (Å²) in [6, 6.07) is 13.5. The zero-order valence-corrected chi connectivity index (χ0v) is 11.7. The minimum absolute atomic E-state index is 0.311. The molecular weight excluding hydrogens is 258 g/mol. The molecule has 0 spiro atoms. The third-order valence-corrected chi connectivity index (χ3v) is 3.50. The first-order valence-corrected chi connectivity index (χ1v) is 6.76. The molecule has 0 saturated carbocycles. The number of aryl methyl sites for hydroxylation is 1. The molecule has 100 valence electrons. The summed E-state index contributed by atoms with van der Waals surface area (Å²) in [4.78, 5) is 0. The van der Waals surface area contributed by atoms with Crippen LogP contribution in [0.1, 0.15) is 16.7 Å². The van der Waals surface area contributed by atoms with Gasteiger partial charge in [-0.05, 0) is 54.8 Å². The van der Waals surface area contributed by atoms with Gasteiger partial charge in [0.2, 0.25) is 0 Å².